The second kappa shape index (κ2) is 5.52. The van der Waals surface area contributed by atoms with Crippen LogP contribution in [-0.2, 0) is 0 Å². The minimum Gasteiger partial charge on any atom is -0.392 e. The van der Waals surface area contributed by atoms with E-state index >= 15 is 0 Å². The van der Waals surface area contributed by atoms with E-state index in [4.69, 9.17) is 0 Å². The van der Waals surface area contributed by atoms with Crippen LogP contribution in [0.15, 0.2) is 29.4 Å². The van der Waals surface area contributed by atoms with Crippen LogP contribution < -0.4 is 0 Å². The molecule has 1 aromatic heterocycles. The van der Waals surface area contributed by atoms with Gasteiger partial charge in [-0.1, -0.05) is 25.3 Å². The quantitative estimate of drug-likeness (QED) is 0.783. The van der Waals surface area contributed by atoms with Crippen LogP contribution >= 0.6 is 11.8 Å². The molecule has 82 valence electrons. The average molecular weight is 223 g/mol. The zero-order chi connectivity index (χ0) is 10.5. The Morgan fingerprint density at radius 2 is 2.07 bits per heavy atom. The van der Waals surface area contributed by atoms with Gasteiger partial charge in [0.05, 0.1) is 11.1 Å². The summed E-state index contributed by atoms with van der Waals surface area (Å²) in [5.41, 5.74) is 0. The molecule has 0 radical (unpaired) electrons. The molecule has 1 aliphatic rings. The summed E-state index contributed by atoms with van der Waals surface area (Å²) in [6, 6.07) is 5.94. The number of thioether (sulfide) groups is 1. The van der Waals surface area contributed by atoms with Crippen molar-refractivity contribution in [1.82, 2.24) is 4.98 Å². The highest BCUT2D eigenvalue weighted by molar-refractivity contribution is 7.99. The Hall–Kier alpha value is -0.540. The van der Waals surface area contributed by atoms with Gasteiger partial charge in [0.15, 0.2) is 0 Å². The molecular weight excluding hydrogens is 206 g/mol. The summed E-state index contributed by atoms with van der Waals surface area (Å²) in [6.07, 6.45) is 7.39. The topological polar surface area (TPSA) is 33.1 Å². The van der Waals surface area contributed by atoms with E-state index in [0.29, 0.717) is 5.25 Å². The van der Waals surface area contributed by atoms with E-state index in [9.17, 15) is 5.11 Å². The summed E-state index contributed by atoms with van der Waals surface area (Å²) < 4.78 is 0. The summed E-state index contributed by atoms with van der Waals surface area (Å²) in [6.45, 7) is 0. The van der Waals surface area contributed by atoms with Crippen molar-refractivity contribution < 1.29 is 5.11 Å². The van der Waals surface area contributed by atoms with E-state index < -0.39 is 0 Å². The monoisotopic (exact) mass is 223 g/mol. The first kappa shape index (κ1) is 11.0. The van der Waals surface area contributed by atoms with Crippen LogP contribution in [0.5, 0.6) is 0 Å². The fourth-order valence-corrected chi connectivity index (χ4v) is 3.13. The molecule has 2 rings (SSSR count). The van der Waals surface area contributed by atoms with Crippen LogP contribution in [0.1, 0.15) is 32.1 Å². The van der Waals surface area contributed by atoms with Gasteiger partial charge in [0.25, 0.3) is 0 Å². The molecule has 1 heterocycles. The van der Waals surface area contributed by atoms with E-state index in [1.54, 1.807) is 11.8 Å². The maximum Gasteiger partial charge on any atom is 0.0963 e. The number of rotatable bonds is 2. The molecule has 1 aliphatic carbocycles. The Bertz CT molecular complexity index is 291. The van der Waals surface area contributed by atoms with Gasteiger partial charge in [-0.05, 0) is 25.0 Å². The van der Waals surface area contributed by atoms with Crippen LogP contribution in [0.25, 0.3) is 0 Å². The third-order valence-electron chi connectivity index (χ3n) is 2.83. The first-order valence-corrected chi connectivity index (χ1v) is 6.50. The number of aliphatic hydroxyl groups excluding tert-OH is 1. The van der Waals surface area contributed by atoms with Gasteiger partial charge in [0, 0.05) is 11.4 Å². The van der Waals surface area contributed by atoms with Crippen molar-refractivity contribution in [3.63, 3.8) is 0 Å². The number of nitrogens with zero attached hydrogens (tertiary/aromatic N) is 1. The standard InChI is InChI=1S/C12H17NOS/c14-10-6-2-1-3-7-11(10)15-12-8-4-5-9-13-12/h4-5,8-11,14H,1-3,6-7H2. The highest BCUT2D eigenvalue weighted by atomic mass is 32.2. The summed E-state index contributed by atoms with van der Waals surface area (Å²) in [5.74, 6) is 0. The van der Waals surface area contributed by atoms with Crippen molar-refractivity contribution in [3.8, 4) is 0 Å². The molecule has 15 heavy (non-hydrogen) atoms. The minimum absolute atomic E-state index is 0.153. The molecule has 1 aromatic rings. The smallest absolute Gasteiger partial charge is 0.0963 e. The lowest BCUT2D eigenvalue weighted by molar-refractivity contribution is 0.163. The third kappa shape index (κ3) is 3.21. The molecule has 1 N–H and O–H groups in total. The van der Waals surface area contributed by atoms with Gasteiger partial charge in [0.1, 0.15) is 0 Å². The zero-order valence-electron chi connectivity index (χ0n) is 8.80. The van der Waals surface area contributed by atoms with Crippen molar-refractivity contribution >= 4 is 11.8 Å². The fraction of sp³-hybridized carbons (Fsp3) is 0.583. The van der Waals surface area contributed by atoms with Crippen LogP contribution in [0.4, 0.5) is 0 Å². The lowest BCUT2D eigenvalue weighted by Crippen LogP contribution is -2.21. The van der Waals surface area contributed by atoms with E-state index in [1.165, 1.54) is 19.3 Å². The van der Waals surface area contributed by atoms with Crippen molar-refractivity contribution in [3.05, 3.63) is 24.4 Å². The number of hydrogen-bond acceptors (Lipinski definition) is 3. The number of aromatic nitrogens is 1. The number of aliphatic hydroxyl groups is 1. The summed E-state index contributed by atoms with van der Waals surface area (Å²) in [5, 5.41) is 11.3. The largest absolute Gasteiger partial charge is 0.392 e. The molecule has 0 amide bonds. The van der Waals surface area contributed by atoms with Crippen LogP contribution in [0.3, 0.4) is 0 Å². The van der Waals surface area contributed by atoms with Crippen molar-refractivity contribution in [2.24, 2.45) is 0 Å². The van der Waals surface area contributed by atoms with Crippen molar-refractivity contribution in [2.45, 2.75) is 48.5 Å². The Morgan fingerprint density at radius 1 is 1.20 bits per heavy atom. The van der Waals surface area contributed by atoms with Gasteiger partial charge in [-0.15, -0.1) is 11.8 Å². The zero-order valence-corrected chi connectivity index (χ0v) is 9.62. The molecular formula is C12H17NOS. The van der Waals surface area contributed by atoms with Crippen LogP contribution in [0, 0.1) is 0 Å². The molecule has 1 fully saturated rings. The third-order valence-corrected chi connectivity index (χ3v) is 4.16. The van der Waals surface area contributed by atoms with E-state index in [-0.39, 0.29) is 6.10 Å². The molecule has 2 nitrogen and oxygen atoms in total. The Balaban J connectivity index is 1.97. The van der Waals surface area contributed by atoms with E-state index in [1.807, 2.05) is 24.4 Å². The Morgan fingerprint density at radius 3 is 2.87 bits per heavy atom. The molecule has 3 heteroatoms. The van der Waals surface area contributed by atoms with Crippen molar-refractivity contribution in [1.29, 1.82) is 0 Å². The van der Waals surface area contributed by atoms with Crippen LogP contribution in [0.2, 0.25) is 0 Å². The summed E-state index contributed by atoms with van der Waals surface area (Å²) in [4.78, 5) is 4.29. The van der Waals surface area contributed by atoms with Gasteiger partial charge in [0.2, 0.25) is 0 Å². The van der Waals surface area contributed by atoms with Gasteiger partial charge in [-0.25, -0.2) is 4.98 Å². The van der Waals surface area contributed by atoms with Crippen molar-refractivity contribution in [2.75, 3.05) is 0 Å². The molecule has 0 bridgehead atoms. The molecule has 0 saturated heterocycles. The van der Waals surface area contributed by atoms with Crippen LogP contribution in [-0.4, -0.2) is 21.4 Å². The predicted molar refractivity (Wildman–Crippen MR) is 63.0 cm³/mol. The summed E-state index contributed by atoms with van der Waals surface area (Å²) >= 11 is 1.72. The van der Waals surface area contributed by atoms with E-state index in [2.05, 4.69) is 4.98 Å². The maximum absolute atomic E-state index is 9.96. The summed E-state index contributed by atoms with van der Waals surface area (Å²) in [7, 11) is 0. The predicted octanol–water partition coefficient (Wildman–Crippen LogP) is 2.87. The Labute approximate surface area is 95.1 Å². The molecule has 2 unspecified atom stereocenters. The first-order valence-electron chi connectivity index (χ1n) is 5.62. The van der Waals surface area contributed by atoms with Gasteiger partial charge in [-0.2, -0.15) is 0 Å². The van der Waals surface area contributed by atoms with Gasteiger partial charge >= 0.3 is 0 Å². The number of hydrogen-bond donors (Lipinski definition) is 1. The van der Waals surface area contributed by atoms with Gasteiger partial charge < -0.3 is 5.11 Å². The molecule has 0 aliphatic heterocycles. The first-order chi connectivity index (χ1) is 7.36. The highest BCUT2D eigenvalue weighted by Crippen LogP contribution is 2.31. The minimum atomic E-state index is -0.153. The molecule has 0 aromatic carbocycles. The number of pyridine rings is 1. The lowest BCUT2D eigenvalue weighted by atomic mass is 10.1. The second-order valence-electron chi connectivity index (χ2n) is 4.03. The lowest BCUT2D eigenvalue weighted by Gasteiger charge is -2.18. The van der Waals surface area contributed by atoms with Gasteiger partial charge in [-0.3, -0.25) is 0 Å². The second-order valence-corrected chi connectivity index (χ2v) is 5.29. The fourth-order valence-electron chi connectivity index (χ4n) is 1.96. The Kier molecular flexibility index (Phi) is 4.03. The highest BCUT2D eigenvalue weighted by Gasteiger charge is 2.22. The molecule has 0 spiro atoms. The normalized spacial score (nSPS) is 27.3. The SMILES string of the molecule is OC1CCCCCC1Sc1ccccn1. The van der Waals surface area contributed by atoms with E-state index in [0.717, 1.165) is 17.9 Å². The molecule has 1 saturated carbocycles. The maximum atomic E-state index is 9.96. The molecule has 2 atom stereocenters. The average Bonchev–Trinajstić information content (AvgIpc) is 2.46.